The maximum Gasteiger partial charge on any atom is 0.250 e. The summed E-state index contributed by atoms with van der Waals surface area (Å²) in [4.78, 5) is 11.8. The van der Waals surface area contributed by atoms with Gasteiger partial charge in [-0.25, -0.2) is 5.43 Å². The molecule has 0 unspecified atom stereocenters. The van der Waals surface area contributed by atoms with Crippen LogP contribution in [-0.2, 0) is 17.0 Å². The number of nitrogens with zero attached hydrogens (tertiary/aromatic N) is 1. The first-order valence-corrected chi connectivity index (χ1v) is 8.85. The van der Waals surface area contributed by atoms with Gasteiger partial charge >= 0.3 is 0 Å². The Bertz CT molecular complexity index is 674. The Labute approximate surface area is 146 Å². The predicted molar refractivity (Wildman–Crippen MR) is 99.0 cm³/mol. The zero-order chi connectivity index (χ0) is 16.5. The van der Waals surface area contributed by atoms with Gasteiger partial charge in [0, 0.05) is 22.9 Å². The van der Waals surface area contributed by atoms with Crippen molar-refractivity contribution in [2.24, 2.45) is 5.10 Å². The van der Waals surface area contributed by atoms with E-state index in [0.29, 0.717) is 11.5 Å². The zero-order valence-electron chi connectivity index (χ0n) is 13.0. The summed E-state index contributed by atoms with van der Waals surface area (Å²) >= 11 is 7.60. The number of carbonyl (C=O) groups is 1. The van der Waals surface area contributed by atoms with Crippen molar-refractivity contribution in [3.63, 3.8) is 0 Å². The molecular weight excluding hydrogens is 328 g/mol. The minimum absolute atomic E-state index is 0.102. The number of rotatable bonds is 7. The molecule has 2 aromatic rings. The van der Waals surface area contributed by atoms with Gasteiger partial charge in [-0.15, -0.1) is 11.8 Å². The Kier molecular flexibility index (Phi) is 7.17. The highest BCUT2D eigenvalue weighted by Gasteiger charge is 2.04. The lowest BCUT2D eigenvalue weighted by atomic mass is 10.1. The van der Waals surface area contributed by atoms with Gasteiger partial charge in [0.2, 0.25) is 5.91 Å². The molecule has 0 heterocycles. The number of benzene rings is 2. The monoisotopic (exact) mass is 346 g/mol. The predicted octanol–water partition coefficient (Wildman–Crippen LogP) is 4.31. The summed E-state index contributed by atoms with van der Waals surface area (Å²) in [6.07, 6.45) is 0.730. The number of amides is 1. The van der Waals surface area contributed by atoms with Gasteiger partial charge in [0.15, 0.2) is 0 Å². The van der Waals surface area contributed by atoms with Gasteiger partial charge < -0.3 is 0 Å². The van der Waals surface area contributed by atoms with E-state index in [4.69, 9.17) is 11.6 Å². The van der Waals surface area contributed by atoms with Crippen LogP contribution in [0.4, 0.5) is 0 Å². The molecule has 0 aliphatic rings. The van der Waals surface area contributed by atoms with Crippen LogP contribution in [0.5, 0.6) is 0 Å². The van der Waals surface area contributed by atoms with E-state index in [1.807, 2.05) is 61.5 Å². The van der Waals surface area contributed by atoms with E-state index in [0.717, 1.165) is 22.7 Å². The Hall–Kier alpha value is -1.78. The Morgan fingerprint density at radius 3 is 2.57 bits per heavy atom. The fourth-order valence-corrected chi connectivity index (χ4v) is 3.10. The molecule has 0 aliphatic heterocycles. The molecule has 3 nitrogen and oxygen atoms in total. The average molecular weight is 347 g/mol. The lowest BCUT2D eigenvalue weighted by Crippen LogP contribution is -2.21. The van der Waals surface area contributed by atoms with Crippen molar-refractivity contribution < 1.29 is 4.79 Å². The number of thioether (sulfide) groups is 1. The molecule has 120 valence electrons. The second-order valence-corrected chi connectivity index (χ2v) is 6.52. The van der Waals surface area contributed by atoms with Crippen LogP contribution >= 0.6 is 23.4 Å². The van der Waals surface area contributed by atoms with E-state index in [2.05, 4.69) is 10.5 Å². The molecule has 0 aliphatic carbocycles. The molecule has 0 bridgehead atoms. The standard InChI is InChI=1S/C18H19ClN2OS/c1-14(11-15-7-3-2-4-8-15)20-21-18(22)13-23-12-16-9-5-6-10-17(16)19/h2-10H,11-13H2,1H3,(H,21,22)/b20-14-. The van der Waals surface area contributed by atoms with Crippen molar-refractivity contribution in [3.05, 3.63) is 70.7 Å². The molecule has 23 heavy (non-hydrogen) atoms. The lowest BCUT2D eigenvalue weighted by molar-refractivity contribution is -0.118. The molecule has 2 aromatic carbocycles. The van der Waals surface area contributed by atoms with E-state index in [1.54, 1.807) is 0 Å². The van der Waals surface area contributed by atoms with Gasteiger partial charge in [0.05, 0.1) is 5.75 Å². The fraction of sp³-hybridized carbons (Fsp3) is 0.222. The van der Waals surface area contributed by atoms with Crippen molar-refractivity contribution >= 4 is 35.0 Å². The third-order valence-corrected chi connectivity index (χ3v) is 4.47. The number of nitrogens with one attached hydrogen (secondary N) is 1. The van der Waals surface area contributed by atoms with Crippen molar-refractivity contribution in [3.8, 4) is 0 Å². The highest BCUT2D eigenvalue weighted by molar-refractivity contribution is 7.99. The molecular formula is C18H19ClN2OS. The Balaban J connectivity index is 1.72. The minimum Gasteiger partial charge on any atom is -0.272 e. The van der Waals surface area contributed by atoms with Crippen LogP contribution in [0.2, 0.25) is 5.02 Å². The Morgan fingerprint density at radius 2 is 1.83 bits per heavy atom. The van der Waals surface area contributed by atoms with Crippen LogP contribution in [0, 0.1) is 0 Å². The van der Waals surface area contributed by atoms with E-state index in [9.17, 15) is 4.79 Å². The quantitative estimate of drug-likeness (QED) is 0.599. The third kappa shape index (κ3) is 6.47. The van der Waals surface area contributed by atoms with Crippen LogP contribution in [-0.4, -0.2) is 17.4 Å². The Morgan fingerprint density at radius 1 is 1.13 bits per heavy atom. The topological polar surface area (TPSA) is 41.5 Å². The number of hydrogen-bond acceptors (Lipinski definition) is 3. The van der Waals surface area contributed by atoms with Crippen LogP contribution in [0.15, 0.2) is 59.7 Å². The van der Waals surface area contributed by atoms with E-state index in [-0.39, 0.29) is 5.91 Å². The molecule has 0 atom stereocenters. The van der Waals surface area contributed by atoms with Gasteiger partial charge in [-0.2, -0.15) is 5.10 Å². The zero-order valence-corrected chi connectivity index (χ0v) is 14.5. The van der Waals surface area contributed by atoms with Crippen molar-refractivity contribution in [2.45, 2.75) is 19.1 Å². The van der Waals surface area contributed by atoms with Crippen LogP contribution in [0.3, 0.4) is 0 Å². The summed E-state index contributed by atoms with van der Waals surface area (Å²) in [6.45, 7) is 1.91. The van der Waals surface area contributed by atoms with E-state index < -0.39 is 0 Å². The van der Waals surface area contributed by atoms with E-state index >= 15 is 0 Å². The second kappa shape index (κ2) is 9.38. The summed E-state index contributed by atoms with van der Waals surface area (Å²) in [7, 11) is 0. The maximum atomic E-state index is 11.8. The highest BCUT2D eigenvalue weighted by Crippen LogP contribution is 2.20. The number of hydrazone groups is 1. The minimum atomic E-state index is -0.102. The summed E-state index contributed by atoms with van der Waals surface area (Å²) < 4.78 is 0. The molecule has 0 saturated heterocycles. The fourth-order valence-electron chi connectivity index (χ4n) is 1.99. The molecule has 2 rings (SSSR count). The van der Waals surface area contributed by atoms with Crippen molar-refractivity contribution in [2.75, 3.05) is 5.75 Å². The molecule has 0 spiro atoms. The van der Waals surface area contributed by atoms with Crippen molar-refractivity contribution in [1.82, 2.24) is 5.43 Å². The highest BCUT2D eigenvalue weighted by atomic mass is 35.5. The molecule has 1 amide bonds. The van der Waals surface area contributed by atoms with Gasteiger partial charge in [0.25, 0.3) is 0 Å². The largest absolute Gasteiger partial charge is 0.272 e. The summed E-state index contributed by atoms with van der Waals surface area (Å²) in [5.74, 6) is 0.960. The van der Waals surface area contributed by atoms with E-state index in [1.165, 1.54) is 17.3 Å². The van der Waals surface area contributed by atoms with Gasteiger partial charge in [-0.05, 0) is 24.1 Å². The molecule has 0 aromatic heterocycles. The second-order valence-electron chi connectivity index (χ2n) is 5.13. The first-order chi connectivity index (χ1) is 11.1. The molecule has 1 N–H and O–H groups in total. The lowest BCUT2D eigenvalue weighted by Gasteiger charge is -2.05. The SMILES string of the molecule is C/C(Cc1ccccc1)=N/NC(=O)CSCc1ccccc1Cl. The van der Waals surface area contributed by atoms with Gasteiger partial charge in [0.1, 0.15) is 0 Å². The first-order valence-electron chi connectivity index (χ1n) is 7.32. The maximum absolute atomic E-state index is 11.8. The molecule has 0 fully saturated rings. The molecule has 5 heteroatoms. The normalized spacial score (nSPS) is 11.3. The van der Waals surface area contributed by atoms with Crippen LogP contribution in [0.1, 0.15) is 18.1 Å². The summed E-state index contributed by atoms with van der Waals surface area (Å²) in [6, 6.07) is 17.7. The van der Waals surface area contributed by atoms with Crippen LogP contribution in [0.25, 0.3) is 0 Å². The number of hydrogen-bond donors (Lipinski definition) is 1. The summed E-state index contributed by atoms with van der Waals surface area (Å²) in [5.41, 5.74) is 5.69. The molecule has 0 saturated carbocycles. The van der Waals surface area contributed by atoms with Crippen molar-refractivity contribution in [1.29, 1.82) is 0 Å². The smallest absolute Gasteiger partial charge is 0.250 e. The average Bonchev–Trinajstić information content (AvgIpc) is 2.56. The van der Waals surface area contributed by atoms with Gasteiger partial charge in [-0.3, -0.25) is 4.79 Å². The first kappa shape index (κ1) is 17.6. The third-order valence-electron chi connectivity index (χ3n) is 3.12. The summed E-state index contributed by atoms with van der Waals surface area (Å²) in [5, 5.41) is 4.87. The number of carbonyl (C=O) groups excluding carboxylic acids is 1. The van der Waals surface area contributed by atoms with Gasteiger partial charge in [-0.1, -0.05) is 60.1 Å². The molecule has 0 radical (unpaired) electrons. The number of halogens is 1. The van der Waals surface area contributed by atoms with Crippen LogP contribution < -0.4 is 5.43 Å².